The number of rotatable bonds is 5. The fraction of sp³-hybridized carbons (Fsp3) is 0.238. The van der Waals surface area contributed by atoms with Crippen LogP contribution in [0.5, 0.6) is 0 Å². The van der Waals surface area contributed by atoms with Crippen molar-refractivity contribution < 1.29 is 8.78 Å². The number of aryl methyl sites for hydroxylation is 2. The molecule has 0 fully saturated rings. The smallest absolute Gasteiger partial charge is 0.130 e. The second kappa shape index (κ2) is 7.06. The summed E-state index contributed by atoms with van der Waals surface area (Å²) in [5.74, 6) is -1.05. The highest BCUT2D eigenvalue weighted by atomic mass is 32.1. The first kappa shape index (κ1) is 16.4. The number of hydrogen-bond acceptors (Lipinski definition) is 2. The standard InChI is InChI=1S/C21H19F2NS/c22-18-9-8-17(19(23)12-18)13-24-21(20-5-2-10-25-20)16-7-6-14-3-1-4-15(14)11-16/h2,5-12,21,24H,1,3-4,13H2. The van der Waals surface area contributed by atoms with Crippen molar-refractivity contribution in [2.24, 2.45) is 0 Å². The summed E-state index contributed by atoms with van der Waals surface area (Å²) in [5, 5.41) is 5.51. The summed E-state index contributed by atoms with van der Waals surface area (Å²) in [5.41, 5.74) is 4.54. The monoisotopic (exact) mass is 355 g/mol. The van der Waals surface area contributed by atoms with Gasteiger partial charge >= 0.3 is 0 Å². The van der Waals surface area contributed by atoms with E-state index in [1.54, 1.807) is 11.3 Å². The number of benzene rings is 2. The van der Waals surface area contributed by atoms with Crippen LogP contribution in [0.15, 0.2) is 53.9 Å². The second-order valence-corrected chi connectivity index (χ2v) is 7.43. The second-order valence-electron chi connectivity index (χ2n) is 6.45. The number of halogens is 2. The van der Waals surface area contributed by atoms with E-state index in [0.717, 1.165) is 18.9 Å². The van der Waals surface area contributed by atoms with E-state index in [-0.39, 0.29) is 6.04 Å². The van der Waals surface area contributed by atoms with Crippen molar-refractivity contribution in [2.75, 3.05) is 0 Å². The molecule has 1 aromatic heterocycles. The van der Waals surface area contributed by atoms with Crippen LogP contribution in [0.1, 0.15) is 39.6 Å². The summed E-state index contributed by atoms with van der Waals surface area (Å²) >= 11 is 1.68. The van der Waals surface area contributed by atoms with Gasteiger partial charge in [-0.2, -0.15) is 0 Å². The third-order valence-electron chi connectivity index (χ3n) is 4.80. The molecule has 0 amide bonds. The van der Waals surface area contributed by atoms with Crippen LogP contribution in [-0.2, 0) is 19.4 Å². The zero-order valence-electron chi connectivity index (χ0n) is 13.8. The van der Waals surface area contributed by atoms with Gasteiger partial charge in [-0.05, 0) is 53.5 Å². The molecule has 1 aliphatic rings. The third kappa shape index (κ3) is 3.51. The molecule has 25 heavy (non-hydrogen) atoms. The quantitative estimate of drug-likeness (QED) is 0.647. The van der Waals surface area contributed by atoms with Gasteiger partial charge in [-0.25, -0.2) is 8.78 Å². The van der Waals surface area contributed by atoms with E-state index in [0.29, 0.717) is 12.1 Å². The zero-order chi connectivity index (χ0) is 17.2. The maximum atomic E-state index is 13.9. The van der Waals surface area contributed by atoms with Gasteiger partial charge in [0.15, 0.2) is 0 Å². The number of fused-ring (bicyclic) bond motifs is 1. The summed E-state index contributed by atoms with van der Waals surface area (Å²) in [6.45, 7) is 0.353. The first-order chi connectivity index (χ1) is 12.2. The van der Waals surface area contributed by atoms with Gasteiger partial charge in [-0.3, -0.25) is 0 Å². The molecule has 0 saturated carbocycles. The van der Waals surface area contributed by atoms with Crippen molar-refractivity contribution in [3.8, 4) is 0 Å². The number of thiophene rings is 1. The molecule has 0 bridgehead atoms. The fourth-order valence-electron chi connectivity index (χ4n) is 3.49. The maximum Gasteiger partial charge on any atom is 0.130 e. The molecule has 1 heterocycles. The number of hydrogen-bond donors (Lipinski definition) is 1. The van der Waals surface area contributed by atoms with E-state index in [2.05, 4.69) is 35.0 Å². The Morgan fingerprint density at radius 2 is 1.88 bits per heavy atom. The minimum Gasteiger partial charge on any atom is -0.301 e. The van der Waals surface area contributed by atoms with Crippen LogP contribution in [0.3, 0.4) is 0 Å². The molecule has 0 saturated heterocycles. The van der Waals surface area contributed by atoms with Crippen LogP contribution in [0.4, 0.5) is 8.78 Å². The summed E-state index contributed by atoms with van der Waals surface area (Å²) < 4.78 is 27.1. The Kier molecular flexibility index (Phi) is 4.64. The highest BCUT2D eigenvalue weighted by Gasteiger charge is 2.19. The Bertz CT molecular complexity index is 874. The Labute approximate surface area is 150 Å². The lowest BCUT2D eigenvalue weighted by Crippen LogP contribution is -2.22. The van der Waals surface area contributed by atoms with E-state index in [1.165, 1.54) is 40.1 Å². The van der Waals surface area contributed by atoms with E-state index >= 15 is 0 Å². The van der Waals surface area contributed by atoms with E-state index < -0.39 is 11.6 Å². The van der Waals surface area contributed by atoms with Crippen LogP contribution in [-0.4, -0.2) is 0 Å². The molecule has 0 aliphatic heterocycles. The van der Waals surface area contributed by atoms with Crippen LogP contribution < -0.4 is 5.32 Å². The van der Waals surface area contributed by atoms with Crippen molar-refractivity contribution in [3.05, 3.63) is 92.7 Å². The normalized spacial score (nSPS) is 14.5. The molecule has 1 nitrogen and oxygen atoms in total. The maximum absolute atomic E-state index is 13.9. The first-order valence-corrected chi connectivity index (χ1v) is 9.41. The van der Waals surface area contributed by atoms with Gasteiger partial charge in [0.05, 0.1) is 6.04 Å². The molecule has 3 aromatic rings. The molecule has 1 N–H and O–H groups in total. The van der Waals surface area contributed by atoms with Crippen LogP contribution in [0, 0.1) is 11.6 Å². The van der Waals surface area contributed by atoms with E-state index in [1.807, 2.05) is 6.07 Å². The Morgan fingerprint density at radius 3 is 2.68 bits per heavy atom. The molecule has 1 unspecified atom stereocenters. The topological polar surface area (TPSA) is 12.0 Å². The van der Waals surface area contributed by atoms with E-state index in [4.69, 9.17) is 0 Å². The third-order valence-corrected chi connectivity index (χ3v) is 5.73. The summed E-state index contributed by atoms with van der Waals surface area (Å²) in [6.07, 6.45) is 3.51. The Balaban J connectivity index is 1.61. The fourth-order valence-corrected chi connectivity index (χ4v) is 4.31. The summed E-state index contributed by atoms with van der Waals surface area (Å²) in [4.78, 5) is 1.19. The van der Waals surface area contributed by atoms with Gasteiger partial charge in [0.25, 0.3) is 0 Å². The largest absolute Gasteiger partial charge is 0.301 e. The van der Waals surface area contributed by atoms with Crippen molar-refractivity contribution >= 4 is 11.3 Å². The SMILES string of the molecule is Fc1ccc(CNC(c2ccc3c(c2)CCC3)c2cccs2)c(F)c1. The first-order valence-electron chi connectivity index (χ1n) is 8.53. The van der Waals surface area contributed by atoms with Crippen molar-refractivity contribution in [1.82, 2.24) is 5.32 Å². The van der Waals surface area contributed by atoms with Crippen molar-refractivity contribution in [2.45, 2.75) is 31.8 Å². The van der Waals surface area contributed by atoms with Gasteiger partial charge in [0.1, 0.15) is 11.6 Å². The van der Waals surface area contributed by atoms with Gasteiger partial charge in [-0.15, -0.1) is 11.3 Å². The van der Waals surface area contributed by atoms with Crippen LogP contribution in [0.25, 0.3) is 0 Å². The van der Waals surface area contributed by atoms with Crippen molar-refractivity contribution in [1.29, 1.82) is 0 Å². The van der Waals surface area contributed by atoms with Crippen molar-refractivity contribution in [3.63, 3.8) is 0 Å². The lowest BCUT2D eigenvalue weighted by atomic mass is 9.99. The zero-order valence-corrected chi connectivity index (χ0v) is 14.6. The number of nitrogens with one attached hydrogen (secondary N) is 1. The predicted molar refractivity (Wildman–Crippen MR) is 97.8 cm³/mol. The highest BCUT2D eigenvalue weighted by Crippen LogP contribution is 2.31. The average molecular weight is 355 g/mol. The molecule has 4 heteroatoms. The lowest BCUT2D eigenvalue weighted by Gasteiger charge is -2.19. The lowest BCUT2D eigenvalue weighted by molar-refractivity contribution is 0.547. The minimum atomic E-state index is -0.547. The van der Waals surface area contributed by atoms with Gasteiger partial charge in [0.2, 0.25) is 0 Å². The molecule has 2 aromatic carbocycles. The molecular weight excluding hydrogens is 336 g/mol. The predicted octanol–water partition coefficient (Wildman–Crippen LogP) is 5.39. The molecule has 1 atom stereocenters. The summed E-state index contributed by atoms with van der Waals surface area (Å²) in [7, 11) is 0. The molecule has 0 radical (unpaired) electrons. The Hall–Kier alpha value is -2.04. The molecule has 0 spiro atoms. The van der Waals surface area contributed by atoms with Gasteiger partial charge in [0, 0.05) is 23.1 Å². The molecule has 128 valence electrons. The Morgan fingerprint density at radius 1 is 1.00 bits per heavy atom. The molecular formula is C21H19F2NS. The molecule has 1 aliphatic carbocycles. The summed E-state index contributed by atoms with van der Waals surface area (Å²) in [6, 6.07) is 14.5. The molecule has 4 rings (SSSR count). The average Bonchev–Trinajstić information content (AvgIpc) is 3.28. The van der Waals surface area contributed by atoms with Crippen LogP contribution >= 0.6 is 11.3 Å². The van der Waals surface area contributed by atoms with Gasteiger partial charge in [-0.1, -0.05) is 30.3 Å². The highest BCUT2D eigenvalue weighted by molar-refractivity contribution is 7.10. The van der Waals surface area contributed by atoms with E-state index in [9.17, 15) is 8.78 Å². The minimum absolute atomic E-state index is 0.00959. The van der Waals surface area contributed by atoms with Crippen LogP contribution in [0.2, 0.25) is 0 Å². The van der Waals surface area contributed by atoms with Gasteiger partial charge < -0.3 is 5.32 Å².